The molecule has 0 atom stereocenters. The molecule has 0 radical (unpaired) electrons. The fraction of sp³-hybridized carbons (Fsp3) is 0.308. The van der Waals surface area contributed by atoms with E-state index < -0.39 is 0 Å². The minimum atomic E-state index is -0.229. The predicted molar refractivity (Wildman–Crippen MR) is 64.4 cm³/mol. The van der Waals surface area contributed by atoms with Crippen LogP contribution >= 0.6 is 0 Å². The van der Waals surface area contributed by atoms with Gasteiger partial charge < -0.3 is 9.73 Å². The van der Waals surface area contributed by atoms with Crippen LogP contribution in [-0.4, -0.2) is 4.98 Å². The third-order valence-corrected chi connectivity index (χ3v) is 2.69. The Bertz CT molecular complexity index is 515. The van der Waals surface area contributed by atoms with E-state index in [0.717, 1.165) is 11.5 Å². The molecule has 1 N–H and O–H groups in total. The molecular formula is C13H15FN2O. The SMILES string of the molecule is Cc1cccc(NCc2nc(C)c(C)o2)c1F. The van der Waals surface area contributed by atoms with Crippen LogP contribution in [0, 0.1) is 26.6 Å². The number of hydrogen-bond acceptors (Lipinski definition) is 3. The third-order valence-electron chi connectivity index (χ3n) is 2.69. The average Bonchev–Trinajstić information content (AvgIpc) is 2.61. The Morgan fingerprint density at radius 2 is 2.06 bits per heavy atom. The van der Waals surface area contributed by atoms with Crippen molar-refractivity contribution in [3.8, 4) is 0 Å². The van der Waals surface area contributed by atoms with Crippen molar-refractivity contribution in [1.82, 2.24) is 4.98 Å². The lowest BCUT2D eigenvalue weighted by molar-refractivity contribution is 0.477. The molecule has 0 aliphatic heterocycles. The van der Waals surface area contributed by atoms with Crippen molar-refractivity contribution in [2.45, 2.75) is 27.3 Å². The molecule has 0 spiro atoms. The van der Waals surface area contributed by atoms with Crippen LogP contribution < -0.4 is 5.32 Å². The fourth-order valence-corrected chi connectivity index (χ4v) is 1.57. The summed E-state index contributed by atoms with van der Waals surface area (Å²) in [5.74, 6) is 1.14. The highest BCUT2D eigenvalue weighted by Crippen LogP contribution is 2.18. The number of aryl methyl sites for hydroxylation is 3. The van der Waals surface area contributed by atoms with Crippen molar-refractivity contribution in [2.24, 2.45) is 0 Å². The first-order valence-electron chi connectivity index (χ1n) is 5.50. The second-order valence-corrected chi connectivity index (χ2v) is 4.04. The molecule has 0 bridgehead atoms. The number of halogens is 1. The van der Waals surface area contributed by atoms with Crippen LogP contribution in [0.5, 0.6) is 0 Å². The molecule has 0 fully saturated rings. The summed E-state index contributed by atoms with van der Waals surface area (Å²) in [6, 6.07) is 5.25. The monoisotopic (exact) mass is 234 g/mol. The maximum absolute atomic E-state index is 13.7. The van der Waals surface area contributed by atoms with Crippen molar-refractivity contribution in [3.05, 3.63) is 46.9 Å². The van der Waals surface area contributed by atoms with E-state index in [1.165, 1.54) is 0 Å². The van der Waals surface area contributed by atoms with Gasteiger partial charge in [0.25, 0.3) is 0 Å². The maximum Gasteiger partial charge on any atom is 0.213 e. The molecule has 0 aliphatic carbocycles. The molecule has 2 rings (SSSR count). The zero-order chi connectivity index (χ0) is 12.4. The Labute approximate surface area is 99.7 Å². The lowest BCUT2D eigenvalue weighted by atomic mass is 10.2. The van der Waals surface area contributed by atoms with Gasteiger partial charge in [0.2, 0.25) is 5.89 Å². The van der Waals surface area contributed by atoms with E-state index in [0.29, 0.717) is 23.7 Å². The molecule has 0 saturated carbocycles. The standard InChI is InChI=1S/C13H15FN2O/c1-8-5-4-6-11(13(8)14)15-7-12-16-9(2)10(3)17-12/h4-6,15H,7H2,1-3H3. The van der Waals surface area contributed by atoms with Gasteiger partial charge in [0.15, 0.2) is 0 Å². The Hall–Kier alpha value is -1.84. The van der Waals surface area contributed by atoms with Gasteiger partial charge in [-0.05, 0) is 32.4 Å². The summed E-state index contributed by atoms with van der Waals surface area (Å²) in [5, 5.41) is 2.98. The van der Waals surface area contributed by atoms with E-state index in [4.69, 9.17) is 4.42 Å². The lowest BCUT2D eigenvalue weighted by Crippen LogP contribution is -2.02. The van der Waals surface area contributed by atoms with E-state index in [1.807, 2.05) is 19.9 Å². The first kappa shape index (κ1) is 11.6. The van der Waals surface area contributed by atoms with Gasteiger partial charge in [-0.3, -0.25) is 0 Å². The summed E-state index contributed by atoms with van der Waals surface area (Å²) in [5.41, 5.74) is 1.96. The van der Waals surface area contributed by atoms with Crippen molar-refractivity contribution >= 4 is 5.69 Å². The average molecular weight is 234 g/mol. The Balaban J connectivity index is 2.10. The first-order valence-corrected chi connectivity index (χ1v) is 5.50. The molecule has 1 heterocycles. The maximum atomic E-state index is 13.7. The van der Waals surface area contributed by atoms with Gasteiger partial charge >= 0.3 is 0 Å². The smallest absolute Gasteiger partial charge is 0.213 e. The van der Waals surface area contributed by atoms with Crippen molar-refractivity contribution in [1.29, 1.82) is 0 Å². The number of hydrogen-bond donors (Lipinski definition) is 1. The number of oxazole rings is 1. The highest BCUT2D eigenvalue weighted by atomic mass is 19.1. The first-order chi connectivity index (χ1) is 8.08. The molecule has 4 heteroatoms. The van der Waals surface area contributed by atoms with Crippen LogP contribution in [-0.2, 0) is 6.54 Å². The van der Waals surface area contributed by atoms with Crippen LogP contribution in [0.25, 0.3) is 0 Å². The van der Waals surface area contributed by atoms with E-state index in [2.05, 4.69) is 10.3 Å². The molecule has 0 amide bonds. The van der Waals surface area contributed by atoms with Gasteiger partial charge in [0.05, 0.1) is 17.9 Å². The summed E-state index contributed by atoms with van der Waals surface area (Å²) in [6.07, 6.45) is 0. The molecule has 17 heavy (non-hydrogen) atoms. The number of benzene rings is 1. The normalized spacial score (nSPS) is 10.6. The molecule has 3 nitrogen and oxygen atoms in total. The number of anilines is 1. The molecule has 2 aromatic rings. The molecule has 0 aliphatic rings. The second kappa shape index (κ2) is 4.57. The Morgan fingerprint density at radius 3 is 2.71 bits per heavy atom. The highest BCUT2D eigenvalue weighted by molar-refractivity contribution is 5.47. The van der Waals surface area contributed by atoms with E-state index in [1.54, 1.807) is 19.1 Å². The largest absolute Gasteiger partial charge is 0.444 e. The van der Waals surface area contributed by atoms with Crippen LogP contribution in [0.3, 0.4) is 0 Å². The fourth-order valence-electron chi connectivity index (χ4n) is 1.57. The highest BCUT2D eigenvalue weighted by Gasteiger charge is 2.07. The molecular weight excluding hydrogens is 219 g/mol. The number of rotatable bonds is 3. The molecule has 1 aromatic heterocycles. The van der Waals surface area contributed by atoms with Gasteiger partial charge in [-0.15, -0.1) is 0 Å². The third kappa shape index (κ3) is 2.46. The van der Waals surface area contributed by atoms with Crippen LogP contribution in [0.15, 0.2) is 22.6 Å². The Morgan fingerprint density at radius 1 is 1.29 bits per heavy atom. The molecule has 1 aromatic carbocycles. The lowest BCUT2D eigenvalue weighted by Gasteiger charge is -2.06. The van der Waals surface area contributed by atoms with Gasteiger partial charge in [0, 0.05) is 0 Å². The number of nitrogens with zero attached hydrogens (tertiary/aromatic N) is 1. The van der Waals surface area contributed by atoms with Crippen molar-refractivity contribution < 1.29 is 8.81 Å². The number of nitrogens with one attached hydrogen (secondary N) is 1. The van der Waals surface area contributed by atoms with Crippen molar-refractivity contribution in [3.63, 3.8) is 0 Å². The predicted octanol–water partition coefficient (Wildman–Crippen LogP) is 3.35. The quantitative estimate of drug-likeness (QED) is 0.885. The number of aromatic nitrogens is 1. The van der Waals surface area contributed by atoms with E-state index >= 15 is 0 Å². The summed E-state index contributed by atoms with van der Waals surface area (Å²) < 4.78 is 19.1. The zero-order valence-corrected chi connectivity index (χ0v) is 10.2. The van der Waals surface area contributed by atoms with Crippen LogP contribution in [0.2, 0.25) is 0 Å². The summed E-state index contributed by atoms with van der Waals surface area (Å²) in [7, 11) is 0. The van der Waals surface area contributed by atoms with Gasteiger partial charge in [-0.2, -0.15) is 0 Å². The molecule has 0 unspecified atom stereocenters. The van der Waals surface area contributed by atoms with Crippen LogP contribution in [0.4, 0.5) is 10.1 Å². The molecule has 0 saturated heterocycles. The van der Waals surface area contributed by atoms with Gasteiger partial charge in [0.1, 0.15) is 11.6 Å². The summed E-state index contributed by atoms with van der Waals surface area (Å²) in [4.78, 5) is 4.23. The van der Waals surface area contributed by atoms with E-state index in [9.17, 15) is 4.39 Å². The second-order valence-electron chi connectivity index (χ2n) is 4.04. The minimum Gasteiger partial charge on any atom is -0.444 e. The van der Waals surface area contributed by atoms with Crippen LogP contribution in [0.1, 0.15) is 22.9 Å². The molecule has 90 valence electrons. The summed E-state index contributed by atoms with van der Waals surface area (Å²) >= 11 is 0. The zero-order valence-electron chi connectivity index (χ0n) is 10.2. The topological polar surface area (TPSA) is 38.1 Å². The minimum absolute atomic E-state index is 0.229. The summed E-state index contributed by atoms with van der Waals surface area (Å²) in [6.45, 7) is 5.86. The Kier molecular flexibility index (Phi) is 3.13. The van der Waals surface area contributed by atoms with Gasteiger partial charge in [-0.25, -0.2) is 9.37 Å². The van der Waals surface area contributed by atoms with Crippen molar-refractivity contribution in [2.75, 3.05) is 5.32 Å². The van der Waals surface area contributed by atoms with E-state index in [-0.39, 0.29) is 5.82 Å². The van der Waals surface area contributed by atoms with Gasteiger partial charge in [-0.1, -0.05) is 12.1 Å².